The third kappa shape index (κ3) is 3.75. The first-order valence-corrected chi connectivity index (χ1v) is 6.32. The second kappa shape index (κ2) is 5.67. The molecule has 19 heavy (non-hydrogen) atoms. The lowest BCUT2D eigenvalue weighted by atomic mass is 10.0. The molecule has 1 aromatic rings. The van der Waals surface area contributed by atoms with E-state index in [1.165, 1.54) is 12.1 Å². The summed E-state index contributed by atoms with van der Waals surface area (Å²) in [5.41, 5.74) is 0.544. The predicted molar refractivity (Wildman–Crippen MR) is 70.1 cm³/mol. The first-order chi connectivity index (χ1) is 8.98. The third-order valence-electron chi connectivity index (χ3n) is 3.28. The monoisotopic (exact) mass is 266 g/mol. The minimum atomic E-state index is -0.289. The van der Waals surface area contributed by atoms with Crippen LogP contribution in [0.2, 0.25) is 0 Å². The highest BCUT2D eigenvalue weighted by Crippen LogP contribution is 2.15. The van der Waals surface area contributed by atoms with E-state index in [0.717, 1.165) is 18.7 Å². The lowest BCUT2D eigenvalue weighted by Crippen LogP contribution is -2.59. The number of amides is 1. The van der Waals surface area contributed by atoms with Crippen LogP contribution in [-0.2, 0) is 16.1 Å². The van der Waals surface area contributed by atoms with Crippen molar-refractivity contribution in [2.45, 2.75) is 19.1 Å². The molecule has 1 fully saturated rings. The Hall–Kier alpha value is -1.46. The summed E-state index contributed by atoms with van der Waals surface area (Å²) in [5.74, 6) is -0.389. The van der Waals surface area contributed by atoms with E-state index < -0.39 is 0 Å². The Morgan fingerprint density at radius 2 is 2.26 bits per heavy atom. The van der Waals surface area contributed by atoms with Gasteiger partial charge in [0.25, 0.3) is 0 Å². The summed E-state index contributed by atoms with van der Waals surface area (Å²) >= 11 is 0. The van der Waals surface area contributed by atoms with E-state index in [4.69, 9.17) is 4.74 Å². The van der Waals surface area contributed by atoms with Crippen molar-refractivity contribution in [3.05, 3.63) is 35.6 Å². The van der Waals surface area contributed by atoms with Crippen LogP contribution in [0.4, 0.5) is 4.39 Å². The van der Waals surface area contributed by atoms with Gasteiger partial charge in [-0.25, -0.2) is 4.39 Å². The summed E-state index contributed by atoms with van der Waals surface area (Å²) in [7, 11) is 1.69. The number of carbonyl (C=O) groups is 1. The highest BCUT2D eigenvalue weighted by molar-refractivity contribution is 5.77. The zero-order chi connectivity index (χ0) is 13.9. The molecule has 0 bridgehead atoms. The van der Waals surface area contributed by atoms with Crippen LogP contribution in [0.25, 0.3) is 0 Å². The van der Waals surface area contributed by atoms with Gasteiger partial charge in [-0.1, -0.05) is 12.1 Å². The first kappa shape index (κ1) is 14.0. The number of rotatable bonds is 5. The highest BCUT2D eigenvalue weighted by Gasteiger charge is 2.33. The Morgan fingerprint density at radius 3 is 2.84 bits per heavy atom. The van der Waals surface area contributed by atoms with Gasteiger partial charge in [0.1, 0.15) is 12.4 Å². The van der Waals surface area contributed by atoms with Crippen LogP contribution < -0.4 is 5.32 Å². The van der Waals surface area contributed by atoms with Gasteiger partial charge in [-0.05, 0) is 24.6 Å². The summed E-state index contributed by atoms with van der Waals surface area (Å²) in [5, 5.41) is 3.11. The fourth-order valence-corrected chi connectivity index (χ4v) is 1.92. The Kier molecular flexibility index (Phi) is 4.17. The molecular formula is C14H19FN2O2. The summed E-state index contributed by atoms with van der Waals surface area (Å²) in [6, 6.07) is 6.26. The summed E-state index contributed by atoms with van der Waals surface area (Å²) in [6.07, 6.45) is 0. The maximum Gasteiger partial charge on any atom is 0.248 e. The average molecular weight is 266 g/mol. The van der Waals surface area contributed by atoms with Crippen LogP contribution in [0.1, 0.15) is 12.5 Å². The lowest BCUT2D eigenvalue weighted by molar-refractivity contribution is -0.145. The van der Waals surface area contributed by atoms with Crippen LogP contribution in [0.3, 0.4) is 0 Å². The summed E-state index contributed by atoms with van der Waals surface area (Å²) < 4.78 is 18.6. The molecule has 0 aliphatic carbocycles. The number of hydrogen-bond donors (Lipinski definition) is 1. The van der Waals surface area contributed by atoms with Crippen molar-refractivity contribution in [2.24, 2.45) is 0 Å². The zero-order valence-electron chi connectivity index (χ0n) is 11.3. The SMILES string of the molecule is CN(Cc1cccc(F)c1)C(=O)COC1(C)CNC1. The molecule has 0 aromatic heterocycles. The van der Waals surface area contributed by atoms with E-state index in [9.17, 15) is 9.18 Å². The Morgan fingerprint density at radius 1 is 1.53 bits per heavy atom. The lowest BCUT2D eigenvalue weighted by Gasteiger charge is -2.39. The number of likely N-dealkylation sites (N-methyl/N-ethyl adjacent to an activating group) is 1. The zero-order valence-corrected chi connectivity index (χ0v) is 11.3. The molecule has 1 saturated heterocycles. The number of ether oxygens (including phenoxy) is 1. The molecule has 0 atom stereocenters. The van der Waals surface area contributed by atoms with Crippen LogP contribution in [0.15, 0.2) is 24.3 Å². The molecule has 0 radical (unpaired) electrons. The Balaban J connectivity index is 1.82. The smallest absolute Gasteiger partial charge is 0.248 e. The quantitative estimate of drug-likeness (QED) is 0.869. The van der Waals surface area contributed by atoms with E-state index in [-0.39, 0.29) is 23.9 Å². The average Bonchev–Trinajstić information content (AvgIpc) is 2.33. The molecule has 0 saturated carbocycles. The standard InChI is InChI=1S/C14H19FN2O2/c1-14(9-16-10-14)19-8-13(18)17(2)7-11-4-3-5-12(15)6-11/h3-6,16H,7-10H2,1-2H3. The number of carbonyl (C=O) groups excluding carboxylic acids is 1. The summed E-state index contributed by atoms with van der Waals surface area (Å²) in [6.45, 7) is 3.96. The van der Waals surface area contributed by atoms with Crippen LogP contribution in [-0.4, -0.2) is 43.2 Å². The second-order valence-electron chi connectivity index (χ2n) is 5.22. The van der Waals surface area contributed by atoms with Crippen molar-refractivity contribution in [3.63, 3.8) is 0 Å². The normalized spacial score (nSPS) is 16.8. The second-order valence-corrected chi connectivity index (χ2v) is 5.22. The van der Waals surface area contributed by atoms with Crippen molar-refractivity contribution < 1.29 is 13.9 Å². The van der Waals surface area contributed by atoms with Gasteiger partial charge in [0.15, 0.2) is 0 Å². The largest absolute Gasteiger partial charge is 0.363 e. The Labute approximate surface area is 112 Å². The first-order valence-electron chi connectivity index (χ1n) is 6.32. The molecule has 1 aliphatic heterocycles. The molecule has 0 unspecified atom stereocenters. The number of nitrogens with one attached hydrogen (secondary N) is 1. The highest BCUT2D eigenvalue weighted by atomic mass is 19.1. The van der Waals surface area contributed by atoms with Gasteiger partial charge in [0.2, 0.25) is 5.91 Å². The van der Waals surface area contributed by atoms with Crippen LogP contribution >= 0.6 is 0 Å². The molecule has 0 spiro atoms. The van der Waals surface area contributed by atoms with Gasteiger partial charge in [-0.2, -0.15) is 0 Å². The maximum atomic E-state index is 13.0. The molecule has 2 rings (SSSR count). The van der Waals surface area contributed by atoms with E-state index in [1.54, 1.807) is 24.1 Å². The van der Waals surface area contributed by atoms with Crippen molar-refractivity contribution in [2.75, 3.05) is 26.7 Å². The molecule has 1 N–H and O–H groups in total. The molecule has 4 nitrogen and oxygen atoms in total. The fourth-order valence-electron chi connectivity index (χ4n) is 1.92. The predicted octanol–water partition coefficient (Wildman–Crippen LogP) is 1.16. The number of halogens is 1. The van der Waals surface area contributed by atoms with Crippen molar-refractivity contribution in [1.29, 1.82) is 0 Å². The number of nitrogens with zero attached hydrogens (tertiary/aromatic N) is 1. The molecule has 1 amide bonds. The van der Waals surface area contributed by atoms with E-state index >= 15 is 0 Å². The van der Waals surface area contributed by atoms with Gasteiger partial charge in [0, 0.05) is 26.7 Å². The molecule has 1 aliphatic rings. The topological polar surface area (TPSA) is 41.6 Å². The molecule has 1 aromatic carbocycles. The van der Waals surface area contributed by atoms with Crippen molar-refractivity contribution >= 4 is 5.91 Å². The minimum absolute atomic E-state index is 0.0595. The summed E-state index contributed by atoms with van der Waals surface area (Å²) in [4.78, 5) is 13.5. The van der Waals surface area contributed by atoms with E-state index in [1.807, 2.05) is 6.92 Å². The van der Waals surface area contributed by atoms with Crippen LogP contribution in [0, 0.1) is 5.82 Å². The maximum absolute atomic E-state index is 13.0. The fraction of sp³-hybridized carbons (Fsp3) is 0.500. The van der Waals surface area contributed by atoms with Crippen molar-refractivity contribution in [1.82, 2.24) is 10.2 Å². The van der Waals surface area contributed by atoms with E-state index in [0.29, 0.717) is 6.54 Å². The number of hydrogen-bond acceptors (Lipinski definition) is 3. The molecule has 104 valence electrons. The van der Waals surface area contributed by atoms with Gasteiger partial charge in [-0.3, -0.25) is 4.79 Å². The van der Waals surface area contributed by atoms with Gasteiger partial charge < -0.3 is 15.0 Å². The van der Waals surface area contributed by atoms with Gasteiger partial charge >= 0.3 is 0 Å². The van der Waals surface area contributed by atoms with Gasteiger partial charge in [0.05, 0.1) is 5.60 Å². The third-order valence-corrected chi connectivity index (χ3v) is 3.28. The van der Waals surface area contributed by atoms with Crippen molar-refractivity contribution in [3.8, 4) is 0 Å². The van der Waals surface area contributed by atoms with Crippen LogP contribution in [0.5, 0.6) is 0 Å². The minimum Gasteiger partial charge on any atom is -0.363 e. The van der Waals surface area contributed by atoms with E-state index in [2.05, 4.69) is 5.32 Å². The van der Waals surface area contributed by atoms with Gasteiger partial charge in [-0.15, -0.1) is 0 Å². The molecular weight excluding hydrogens is 247 g/mol. The Bertz CT molecular complexity index is 461. The number of benzene rings is 1. The molecule has 1 heterocycles. The molecule has 5 heteroatoms.